The molecule has 3 aromatic carbocycles. The van der Waals surface area contributed by atoms with Crippen molar-refractivity contribution in [3.05, 3.63) is 77.9 Å². The molecule has 0 atom stereocenters. The normalized spacial score (nSPS) is 11.6. The molecule has 34 heavy (non-hydrogen) atoms. The van der Waals surface area contributed by atoms with E-state index in [1.165, 1.54) is 5.56 Å². The highest BCUT2D eigenvalue weighted by Gasteiger charge is 2.12. The van der Waals surface area contributed by atoms with E-state index in [2.05, 4.69) is 33.7 Å². The number of rotatable bonds is 7. The predicted octanol–water partition coefficient (Wildman–Crippen LogP) is 4.10. The smallest absolute Gasteiger partial charge is 0.258 e. The summed E-state index contributed by atoms with van der Waals surface area (Å²) >= 11 is 0. The summed E-state index contributed by atoms with van der Waals surface area (Å²) < 4.78 is 5.62. The molecule has 0 spiro atoms. The Hall–Kier alpha value is -4.70. The third-order valence-corrected chi connectivity index (χ3v) is 5.35. The maximum absolute atomic E-state index is 11.8. The van der Waals surface area contributed by atoms with Gasteiger partial charge in [0.05, 0.1) is 18.6 Å². The van der Waals surface area contributed by atoms with Crippen LogP contribution in [-0.4, -0.2) is 35.2 Å². The van der Waals surface area contributed by atoms with Crippen molar-refractivity contribution in [2.24, 2.45) is 4.99 Å². The topological polar surface area (TPSA) is 88.5 Å². The lowest BCUT2D eigenvalue weighted by Crippen LogP contribution is -2.29. The van der Waals surface area contributed by atoms with Crippen LogP contribution in [0.4, 0.5) is 11.5 Å². The van der Waals surface area contributed by atoms with Gasteiger partial charge in [-0.05, 0) is 47.5 Å². The van der Waals surface area contributed by atoms with Crippen LogP contribution in [-0.2, 0) is 11.3 Å². The minimum absolute atomic E-state index is 0.127. The molecule has 1 aromatic heterocycles. The van der Waals surface area contributed by atoms with Crippen LogP contribution >= 0.6 is 0 Å². The van der Waals surface area contributed by atoms with Crippen molar-refractivity contribution in [1.82, 2.24) is 15.3 Å². The van der Waals surface area contributed by atoms with Gasteiger partial charge in [-0.15, -0.1) is 6.42 Å². The zero-order valence-corrected chi connectivity index (χ0v) is 18.3. The van der Waals surface area contributed by atoms with E-state index in [1.54, 1.807) is 6.07 Å². The number of carbonyl (C=O) groups excluding carboxylic acids is 1. The largest absolute Gasteiger partial charge is 0.484 e. The first kappa shape index (κ1) is 21.2. The van der Waals surface area contributed by atoms with Gasteiger partial charge in [0, 0.05) is 22.9 Å². The Kier molecular flexibility index (Phi) is 5.87. The first-order chi connectivity index (χ1) is 16.7. The second-order valence-corrected chi connectivity index (χ2v) is 7.72. The molecule has 0 fully saturated rings. The maximum atomic E-state index is 11.8. The van der Waals surface area contributed by atoms with Crippen molar-refractivity contribution in [3.63, 3.8) is 0 Å². The average molecular weight is 447 g/mol. The van der Waals surface area contributed by atoms with Crippen molar-refractivity contribution < 1.29 is 9.53 Å². The van der Waals surface area contributed by atoms with Gasteiger partial charge in [0.15, 0.2) is 12.4 Å². The molecule has 1 aliphatic heterocycles. The van der Waals surface area contributed by atoms with Gasteiger partial charge >= 0.3 is 0 Å². The minimum atomic E-state index is -0.281. The molecule has 0 radical (unpaired) electrons. The fraction of sp³-hybridized carbons (Fsp3) is 0.111. The van der Waals surface area contributed by atoms with Gasteiger partial charge in [0.25, 0.3) is 5.91 Å². The van der Waals surface area contributed by atoms with Crippen molar-refractivity contribution in [1.29, 1.82) is 0 Å². The van der Waals surface area contributed by atoms with E-state index < -0.39 is 0 Å². The number of ether oxygens (including phenoxy) is 1. The van der Waals surface area contributed by atoms with E-state index in [0.717, 1.165) is 34.3 Å². The molecule has 0 bridgehead atoms. The van der Waals surface area contributed by atoms with Gasteiger partial charge in [-0.1, -0.05) is 36.3 Å². The molecule has 0 unspecified atom stereocenters. The van der Waals surface area contributed by atoms with E-state index in [-0.39, 0.29) is 19.1 Å². The fourth-order valence-corrected chi connectivity index (χ4v) is 3.69. The number of hydrogen-bond donors (Lipinski definition) is 2. The molecule has 4 aromatic rings. The van der Waals surface area contributed by atoms with Crippen LogP contribution in [0.3, 0.4) is 0 Å². The fourth-order valence-electron chi connectivity index (χ4n) is 3.69. The maximum Gasteiger partial charge on any atom is 0.258 e. The number of nitrogens with one attached hydrogen (secondary N) is 2. The molecule has 0 saturated heterocycles. The molecule has 2 heterocycles. The van der Waals surface area contributed by atoms with Crippen molar-refractivity contribution in [3.8, 4) is 29.5 Å². The van der Waals surface area contributed by atoms with E-state index in [0.29, 0.717) is 17.4 Å². The Bertz CT molecular complexity index is 1460. The summed E-state index contributed by atoms with van der Waals surface area (Å²) in [5, 5.41) is 6.94. The SMILES string of the molecule is C#CCNC(=O)COc1cccc(-c2nc(Nc3ccc4c(c3)C=NC4)c3ccccc3n2)c1. The van der Waals surface area contributed by atoms with Crippen LogP contribution in [0, 0.1) is 12.3 Å². The molecule has 2 N–H and O–H groups in total. The van der Waals surface area contributed by atoms with Crippen LogP contribution < -0.4 is 15.4 Å². The third kappa shape index (κ3) is 4.57. The number of nitrogens with zero attached hydrogens (tertiary/aromatic N) is 3. The molecular weight excluding hydrogens is 426 g/mol. The number of hydrogen-bond acceptors (Lipinski definition) is 6. The molecule has 1 aliphatic rings. The number of benzene rings is 3. The number of para-hydroxylation sites is 1. The highest BCUT2D eigenvalue weighted by Crippen LogP contribution is 2.29. The lowest BCUT2D eigenvalue weighted by Gasteiger charge is -2.12. The summed E-state index contributed by atoms with van der Waals surface area (Å²) in [6.45, 7) is 0.762. The molecule has 7 nitrogen and oxygen atoms in total. The van der Waals surface area contributed by atoms with Crippen molar-refractivity contribution >= 4 is 34.5 Å². The standard InChI is InChI=1S/C27H21N5O2/c1-2-12-29-25(33)17-34-22-7-5-6-18(14-22)26-31-24-9-4-3-8-23(24)27(32-26)30-21-11-10-19-15-28-16-20(19)13-21/h1,3-11,13-14,16H,12,15,17H2,(H,29,33)(H,30,31,32). The summed E-state index contributed by atoms with van der Waals surface area (Å²) in [6, 6.07) is 21.4. The molecule has 166 valence electrons. The Morgan fingerprint density at radius 2 is 1.97 bits per heavy atom. The lowest BCUT2D eigenvalue weighted by atomic mass is 10.1. The van der Waals surface area contributed by atoms with E-state index in [4.69, 9.17) is 21.1 Å². The first-order valence-corrected chi connectivity index (χ1v) is 10.8. The molecule has 0 saturated carbocycles. The zero-order valence-electron chi connectivity index (χ0n) is 18.3. The van der Waals surface area contributed by atoms with E-state index in [1.807, 2.05) is 54.7 Å². The molecule has 0 aliphatic carbocycles. The molecule has 7 heteroatoms. The number of aliphatic imine (C=N–C) groups is 1. The number of carbonyl (C=O) groups is 1. The van der Waals surface area contributed by atoms with Gasteiger partial charge in [0.2, 0.25) is 0 Å². The van der Waals surface area contributed by atoms with Gasteiger partial charge in [-0.25, -0.2) is 9.97 Å². The Labute approximate surface area is 196 Å². The van der Waals surface area contributed by atoms with Crippen molar-refractivity contribution in [2.45, 2.75) is 6.54 Å². The number of anilines is 2. The highest BCUT2D eigenvalue weighted by atomic mass is 16.5. The van der Waals surface area contributed by atoms with Crippen LogP contribution in [0.5, 0.6) is 5.75 Å². The quantitative estimate of drug-likeness (QED) is 0.417. The predicted molar refractivity (Wildman–Crippen MR) is 133 cm³/mol. The number of fused-ring (bicyclic) bond motifs is 2. The molecule has 5 rings (SSSR count). The first-order valence-electron chi connectivity index (χ1n) is 10.8. The monoisotopic (exact) mass is 447 g/mol. The second-order valence-electron chi connectivity index (χ2n) is 7.72. The molecular formula is C27H21N5O2. The summed E-state index contributed by atoms with van der Waals surface area (Å²) in [5.74, 6) is 3.87. The average Bonchev–Trinajstić information content (AvgIpc) is 3.34. The number of terminal acetylenes is 1. The summed E-state index contributed by atoms with van der Waals surface area (Å²) in [6.07, 6.45) is 7.05. The second kappa shape index (κ2) is 9.43. The third-order valence-electron chi connectivity index (χ3n) is 5.35. The summed E-state index contributed by atoms with van der Waals surface area (Å²) in [7, 11) is 0. The lowest BCUT2D eigenvalue weighted by molar-refractivity contribution is -0.122. The van der Waals surface area contributed by atoms with Crippen LogP contribution in [0.25, 0.3) is 22.3 Å². The van der Waals surface area contributed by atoms with E-state index >= 15 is 0 Å². The van der Waals surface area contributed by atoms with Crippen molar-refractivity contribution in [2.75, 3.05) is 18.5 Å². The number of amides is 1. The zero-order chi connectivity index (χ0) is 23.3. The van der Waals surface area contributed by atoms with Crippen LogP contribution in [0.15, 0.2) is 71.7 Å². The Morgan fingerprint density at radius 3 is 2.88 bits per heavy atom. The van der Waals surface area contributed by atoms with Gasteiger partial charge in [-0.3, -0.25) is 9.79 Å². The summed E-state index contributed by atoms with van der Waals surface area (Å²) in [4.78, 5) is 25.7. The van der Waals surface area contributed by atoms with Crippen LogP contribution in [0.2, 0.25) is 0 Å². The summed E-state index contributed by atoms with van der Waals surface area (Å²) in [5.41, 5.74) is 4.84. The Morgan fingerprint density at radius 1 is 1.06 bits per heavy atom. The minimum Gasteiger partial charge on any atom is -0.484 e. The Balaban J connectivity index is 1.45. The molecule has 1 amide bonds. The van der Waals surface area contributed by atoms with E-state index in [9.17, 15) is 4.79 Å². The van der Waals surface area contributed by atoms with Gasteiger partial charge in [-0.2, -0.15) is 0 Å². The highest BCUT2D eigenvalue weighted by molar-refractivity contribution is 5.93. The van der Waals surface area contributed by atoms with Gasteiger partial charge in [0.1, 0.15) is 11.6 Å². The van der Waals surface area contributed by atoms with Crippen LogP contribution in [0.1, 0.15) is 11.1 Å². The number of aromatic nitrogens is 2. The van der Waals surface area contributed by atoms with Gasteiger partial charge < -0.3 is 15.4 Å².